The number of fused-ring (bicyclic) bond motifs is 1. The standard InChI is InChI=1S/C21H21N7O2/c29-20(13-28-14-24-16-5-1-2-6-18(16)28)27-9-3-4-15(12-27)10-19-25-21(26-30-19)17-11-22-7-8-23-17/h1-2,5-8,11,14-15H,3-4,9-10,12-13H2/t15-/m1/s1. The van der Waals surface area contributed by atoms with Gasteiger partial charge in [-0.1, -0.05) is 17.3 Å². The first-order valence-electron chi connectivity index (χ1n) is 10.0. The van der Waals surface area contributed by atoms with Gasteiger partial charge in [0.25, 0.3) is 0 Å². The molecule has 1 aliphatic heterocycles. The van der Waals surface area contributed by atoms with Crippen LogP contribution in [0.3, 0.4) is 0 Å². The summed E-state index contributed by atoms with van der Waals surface area (Å²) in [5.74, 6) is 1.40. The minimum Gasteiger partial charge on any atom is -0.341 e. The van der Waals surface area contributed by atoms with E-state index in [1.54, 1.807) is 24.9 Å². The molecule has 0 bridgehead atoms. The number of nitrogens with zero attached hydrogens (tertiary/aromatic N) is 7. The van der Waals surface area contributed by atoms with E-state index >= 15 is 0 Å². The second-order valence-corrected chi connectivity index (χ2v) is 7.52. The summed E-state index contributed by atoms with van der Waals surface area (Å²) in [6.07, 6.45) is 9.17. The lowest BCUT2D eigenvalue weighted by Gasteiger charge is -2.32. The van der Waals surface area contributed by atoms with E-state index in [2.05, 4.69) is 25.1 Å². The lowest BCUT2D eigenvalue weighted by molar-refractivity contribution is -0.133. The molecule has 3 aromatic heterocycles. The number of imidazole rings is 1. The molecule has 152 valence electrons. The zero-order chi connectivity index (χ0) is 20.3. The number of carbonyl (C=O) groups is 1. The quantitative estimate of drug-likeness (QED) is 0.504. The highest BCUT2D eigenvalue weighted by atomic mass is 16.5. The maximum absolute atomic E-state index is 12.9. The molecule has 1 amide bonds. The molecule has 1 saturated heterocycles. The molecule has 5 rings (SSSR count). The van der Waals surface area contributed by atoms with E-state index in [9.17, 15) is 4.79 Å². The number of likely N-dealkylation sites (tertiary alicyclic amines) is 1. The molecule has 9 nitrogen and oxygen atoms in total. The largest absolute Gasteiger partial charge is 0.341 e. The normalized spacial score (nSPS) is 16.8. The maximum atomic E-state index is 12.9. The number of rotatable bonds is 5. The molecule has 0 unspecified atom stereocenters. The fourth-order valence-electron chi connectivity index (χ4n) is 3.94. The lowest BCUT2D eigenvalue weighted by atomic mass is 9.94. The van der Waals surface area contributed by atoms with Crippen molar-refractivity contribution in [1.29, 1.82) is 0 Å². The van der Waals surface area contributed by atoms with Crippen LogP contribution in [0, 0.1) is 5.92 Å². The van der Waals surface area contributed by atoms with Crippen LogP contribution in [0.1, 0.15) is 18.7 Å². The van der Waals surface area contributed by atoms with E-state index in [1.807, 2.05) is 33.7 Å². The van der Waals surface area contributed by atoms with E-state index in [0.717, 1.165) is 30.4 Å². The minimum atomic E-state index is 0.105. The Labute approximate surface area is 172 Å². The Balaban J connectivity index is 1.23. The fourth-order valence-corrected chi connectivity index (χ4v) is 3.94. The first-order chi connectivity index (χ1) is 14.8. The summed E-state index contributed by atoms with van der Waals surface area (Å²) >= 11 is 0. The maximum Gasteiger partial charge on any atom is 0.242 e. The molecular formula is C21H21N7O2. The fraction of sp³-hybridized carbons (Fsp3) is 0.333. The van der Waals surface area contributed by atoms with Crippen LogP contribution in [0.5, 0.6) is 0 Å². The Morgan fingerprint density at radius 1 is 1.20 bits per heavy atom. The van der Waals surface area contributed by atoms with Crippen molar-refractivity contribution in [3.63, 3.8) is 0 Å². The zero-order valence-electron chi connectivity index (χ0n) is 16.4. The highest BCUT2D eigenvalue weighted by Crippen LogP contribution is 2.22. The Kier molecular flexibility index (Phi) is 4.92. The van der Waals surface area contributed by atoms with Crippen LogP contribution in [0.2, 0.25) is 0 Å². The van der Waals surface area contributed by atoms with E-state index in [0.29, 0.717) is 36.9 Å². The van der Waals surface area contributed by atoms with Crippen LogP contribution in [0.4, 0.5) is 0 Å². The van der Waals surface area contributed by atoms with Gasteiger partial charge >= 0.3 is 0 Å². The van der Waals surface area contributed by atoms with Gasteiger partial charge in [0, 0.05) is 31.9 Å². The summed E-state index contributed by atoms with van der Waals surface area (Å²) < 4.78 is 7.32. The van der Waals surface area contributed by atoms with Crippen LogP contribution in [-0.2, 0) is 17.8 Å². The van der Waals surface area contributed by atoms with Gasteiger partial charge in [0.2, 0.25) is 17.6 Å². The van der Waals surface area contributed by atoms with Gasteiger partial charge in [0.05, 0.1) is 23.6 Å². The van der Waals surface area contributed by atoms with E-state index in [1.165, 1.54) is 0 Å². The Morgan fingerprint density at radius 2 is 2.13 bits per heavy atom. The minimum absolute atomic E-state index is 0.105. The Bertz CT molecular complexity index is 1150. The van der Waals surface area contributed by atoms with Gasteiger partial charge < -0.3 is 14.0 Å². The van der Waals surface area contributed by atoms with E-state index < -0.39 is 0 Å². The van der Waals surface area contributed by atoms with Gasteiger partial charge in [-0.25, -0.2) is 9.97 Å². The van der Waals surface area contributed by atoms with Crippen molar-refractivity contribution in [1.82, 2.24) is 34.6 Å². The third-order valence-corrected chi connectivity index (χ3v) is 5.43. The number of piperidine rings is 1. The van der Waals surface area contributed by atoms with Crippen molar-refractivity contribution < 1.29 is 9.32 Å². The van der Waals surface area contributed by atoms with Gasteiger partial charge in [-0.2, -0.15) is 4.98 Å². The SMILES string of the molecule is O=C(Cn1cnc2ccccc21)N1CCC[C@H](Cc2nc(-c3cnccn3)no2)C1. The van der Waals surface area contributed by atoms with Crippen molar-refractivity contribution in [3.05, 3.63) is 55.1 Å². The highest BCUT2D eigenvalue weighted by molar-refractivity contribution is 5.80. The molecule has 4 heterocycles. The number of hydrogen-bond donors (Lipinski definition) is 0. The second kappa shape index (κ2) is 8.02. The van der Waals surface area contributed by atoms with Crippen LogP contribution < -0.4 is 0 Å². The molecule has 4 aromatic rings. The molecule has 0 N–H and O–H groups in total. The summed E-state index contributed by atoms with van der Waals surface area (Å²) in [5.41, 5.74) is 2.46. The number of hydrogen-bond acceptors (Lipinski definition) is 7. The van der Waals surface area contributed by atoms with Crippen molar-refractivity contribution in [3.8, 4) is 11.5 Å². The second-order valence-electron chi connectivity index (χ2n) is 7.52. The molecular weight excluding hydrogens is 382 g/mol. The number of benzene rings is 1. The number of aromatic nitrogens is 6. The van der Waals surface area contributed by atoms with E-state index in [4.69, 9.17) is 4.52 Å². The van der Waals surface area contributed by atoms with Crippen molar-refractivity contribution in [2.45, 2.75) is 25.8 Å². The first kappa shape index (κ1) is 18.4. The predicted molar refractivity (Wildman–Crippen MR) is 108 cm³/mol. The van der Waals surface area contributed by atoms with Crippen LogP contribution in [-0.4, -0.2) is 53.6 Å². The average Bonchev–Trinajstić information content (AvgIpc) is 3.42. The highest BCUT2D eigenvalue weighted by Gasteiger charge is 2.26. The number of carbonyl (C=O) groups excluding carboxylic acids is 1. The third-order valence-electron chi connectivity index (χ3n) is 5.43. The summed E-state index contributed by atoms with van der Waals surface area (Å²) in [4.78, 5) is 31.9. The molecule has 9 heteroatoms. The van der Waals surface area contributed by atoms with Crippen molar-refractivity contribution in [2.75, 3.05) is 13.1 Å². The molecule has 1 atom stereocenters. The predicted octanol–water partition coefficient (Wildman–Crippen LogP) is 2.36. The molecule has 1 aliphatic rings. The average molecular weight is 403 g/mol. The van der Waals surface area contributed by atoms with Gasteiger partial charge in [-0.15, -0.1) is 0 Å². The van der Waals surface area contributed by atoms with Gasteiger partial charge in [0.1, 0.15) is 12.2 Å². The Morgan fingerprint density at radius 3 is 3.03 bits per heavy atom. The number of para-hydroxylation sites is 2. The smallest absolute Gasteiger partial charge is 0.242 e. The van der Waals surface area contributed by atoms with Gasteiger partial charge in [-0.3, -0.25) is 9.78 Å². The van der Waals surface area contributed by atoms with E-state index in [-0.39, 0.29) is 11.8 Å². The molecule has 1 fully saturated rings. The summed E-state index contributed by atoms with van der Waals surface area (Å²) in [5, 5.41) is 4.01. The molecule has 30 heavy (non-hydrogen) atoms. The lowest BCUT2D eigenvalue weighted by Crippen LogP contribution is -2.42. The third kappa shape index (κ3) is 3.78. The summed E-state index contributed by atoms with van der Waals surface area (Å²) in [7, 11) is 0. The monoisotopic (exact) mass is 403 g/mol. The van der Waals surface area contributed by atoms with Crippen LogP contribution >= 0.6 is 0 Å². The molecule has 0 spiro atoms. The van der Waals surface area contributed by atoms with Crippen LogP contribution in [0.15, 0.2) is 53.7 Å². The summed E-state index contributed by atoms with van der Waals surface area (Å²) in [6.45, 7) is 1.76. The molecule has 0 radical (unpaired) electrons. The Hall–Kier alpha value is -3.62. The first-order valence-corrected chi connectivity index (χ1v) is 10.0. The molecule has 0 saturated carbocycles. The van der Waals surface area contributed by atoms with Gasteiger partial charge in [0.15, 0.2) is 0 Å². The zero-order valence-corrected chi connectivity index (χ0v) is 16.4. The van der Waals surface area contributed by atoms with Crippen LogP contribution in [0.25, 0.3) is 22.6 Å². The number of amides is 1. The molecule has 1 aromatic carbocycles. The van der Waals surface area contributed by atoms with Crippen molar-refractivity contribution in [2.24, 2.45) is 5.92 Å². The molecule has 0 aliphatic carbocycles. The summed E-state index contributed by atoms with van der Waals surface area (Å²) in [6, 6.07) is 7.84. The van der Waals surface area contributed by atoms with Gasteiger partial charge in [-0.05, 0) is 30.9 Å². The topological polar surface area (TPSA) is 103 Å². The van der Waals surface area contributed by atoms with Crippen molar-refractivity contribution >= 4 is 16.9 Å².